The normalized spacial score (nSPS) is 12.5. The van der Waals surface area contributed by atoms with Gasteiger partial charge in [-0.2, -0.15) is 9.97 Å². The predicted octanol–water partition coefficient (Wildman–Crippen LogP) is 16.2. The third-order valence-electron chi connectivity index (χ3n) is 12.9. The Morgan fingerprint density at radius 1 is 0.400 bits per heavy atom. The fourth-order valence-electron chi connectivity index (χ4n) is 9.94. The summed E-state index contributed by atoms with van der Waals surface area (Å²) in [5.74, 6) is 1.80. The molecule has 0 fully saturated rings. The number of rotatable bonds is 6. The van der Waals surface area contributed by atoms with Crippen LogP contribution in [-0.4, -0.2) is 19.5 Å². The Balaban J connectivity index is 0.00000152. The highest BCUT2D eigenvalue weighted by atomic mass is 15.2. The molecular weight excluding hydrogens is 789 g/mol. The molecule has 0 N–H and O–H groups in total. The Labute approximate surface area is 380 Å². The van der Waals surface area contributed by atoms with Gasteiger partial charge >= 0.3 is 0 Å². The summed E-state index contributed by atoms with van der Waals surface area (Å²) in [5, 5.41) is 4.72. The molecule has 312 valence electrons. The van der Waals surface area contributed by atoms with Gasteiger partial charge in [0.05, 0.1) is 11.0 Å². The van der Waals surface area contributed by atoms with E-state index in [-0.39, 0.29) is 5.41 Å². The van der Waals surface area contributed by atoms with Crippen molar-refractivity contribution in [2.45, 2.75) is 39.5 Å². The van der Waals surface area contributed by atoms with Crippen LogP contribution in [0.15, 0.2) is 206 Å². The molecule has 1 aliphatic carbocycles. The molecule has 1 aliphatic rings. The molecule has 2 aromatic heterocycles. The zero-order valence-electron chi connectivity index (χ0n) is 37.1. The zero-order valence-corrected chi connectivity index (χ0v) is 37.1. The first-order valence-corrected chi connectivity index (χ1v) is 22.7. The van der Waals surface area contributed by atoms with Gasteiger partial charge < -0.3 is 0 Å². The van der Waals surface area contributed by atoms with Crippen molar-refractivity contribution in [3.63, 3.8) is 0 Å². The summed E-state index contributed by atoms with van der Waals surface area (Å²) >= 11 is 0. The van der Waals surface area contributed by atoms with Gasteiger partial charge in [-0.05, 0) is 66.9 Å². The molecule has 9 aromatic carbocycles. The zero-order chi connectivity index (χ0) is 44.1. The highest BCUT2D eigenvalue weighted by molar-refractivity contribution is 6.23. The van der Waals surface area contributed by atoms with Crippen LogP contribution in [0, 0.1) is 0 Å². The second-order valence-corrected chi connectivity index (χ2v) is 17.5. The number of fused-ring (bicyclic) bond motifs is 8. The van der Waals surface area contributed by atoms with E-state index in [0.717, 1.165) is 44.2 Å². The minimum absolute atomic E-state index is 0.209. The minimum atomic E-state index is -0.209. The third-order valence-corrected chi connectivity index (χ3v) is 12.9. The van der Waals surface area contributed by atoms with Gasteiger partial charge in [0.2, 0.25) is 5.95 Å². The topological polar surface area (TPSA) is 43.6 Å². The lowest BCUT2D eigenvalue weighted by Crippen LogP contribution is -2.16. The van der Waals surface area contributed by atoms with Crippen molar-refractivity contribution in [2.24, 2.45) is 0 Å². The molecule has 11 aromatic rings. The summed E-state index contributed by atoms with van der Waals surface area (Å²) in [7, 11) is 0. The van der Waals surface area contributed by atoms with Gasteiger partial charge in [0.25, 0.3) is 0 Å². The van der Waals surface area contributed by atoms with E-state index in [1.54, 1.807) is 0 Å². The Hall–Kier alpha value is -7.95. The summed E-state index contributed by atoms with van der Waals surface area (Å²) in [6.45, 7) is 8.97. The van der Waals surface area contributed by atoms with E-state index in [9.17, 15) is 0 Å². The van der Waals surface area contributed by atoms with Crippen molar-refractivity contribution in [3.8, 4) is 73.2 Å². The van der Waals surface area contributed by atoms with Gasteiger partial charge in [-0.15, -0.1) is 0 Å². The maximum Gasteiger partial charge on any atom is 0.238 e. The van der Waals surface area contributed by atoms with Crippen molar-refractivity contribution in [1.82, 2.24) is 19.5 Å². The van der Waals surface area contributed by atoms with Crippen LogP contribution < -0.4 is 0 Å². The van der Waals surface area contributed by atoms with Crippen molar-refractivity contribution >= 4 is 32.6 Å². The van der Waals surface area contributed by atoms with E-state index in [2.05, 4.69) is 226 Å². The SMILES string of the molecule is CC1(C)c2ccccc2-c2cccc(-c3cccc4c5c6ccccc6ccc5n(-c5nc(-c6ccc(-c7ccccc7)cc6)nc(-c6ccc(-c7ccccc7)cc6)n5)c34)c21.CCC. The molecule has 0 atom stereocenters. The molecule has 0 bridgehead atoms. The van der Waals surface area contributed by atoms with Gasteiger partial charge in [-0.3, -0.25) is 4.57 Å². The van der Waals surface area contributed by atoms with E-state index in [4.69, 9.17) is 15.0 Å². The second kappa shape index (κ2) is 16.3. The van der Waals surface area contributed by atoms with Gasteiger partial charge in [0.1, 0.15) is 0 Å². The smallest absolute Gasteiger partial charge is 0.238 e. The van der Waals surface area contributed by atoms with Crippen LogP contribution in [-0.2, 0) is 5.41 Å². The van der Waals surface area contributed by atoms with Crippen LogP contribution in [0.3, 0.4) is 0 Å². The molecule has 12 rings (SSSR count). The predicted molar refractivity (Wildman–Crippen MR) is 272 cm³/mol. The second-order valence-electron chi connectivity index (χ2n) is 17.5. The molecule has 65 heavy (non-hydrogen) atoms. The molecule has 0 unspecified atom stereocenters. The fourth-order valence-corrected chi connectivity index (χ4v) is 9.94. The van der Waals surface area contributed by atoms with Crippen LogP contribution in [0.5, 0.6) is 0 Å². The monoisotopic (exact) mass is 836 g/mol. The summed E-state index contributed by atoms with van der Waals surface area (Å²) < 4.78 is 2.30. The van der Waals surface area contributed by atoms with Crippen molar-refractivity contribution in [3.05, 3.63) is 217 Å². The lowest BCUT2D eigenvalue weighted by Gasteiger charge is -2.25. The lowest BCUT2D eigenvalue weighted by molar-refractivity contribution is 0.662. The standard InChI is InChI=1S/C58H40N4.C3H8/c1-58(2)50-26-12-11-21-45(50)46-22-13-23-47(53(46)58)48-24-14-25-49-52-44-20-10-9-19-41(44)35-36-51(52)62(54(48)49)57-60-55(42-31-27-39(28-32-42)37-15-5-3-6-16-37)59-56(61-57)43-33-29-40(30-34-43)38-17-7-4-8-18-38;1-3-2/h3-36H,1-2H3;3H2,1-2H3. The molecule has 0 saturated carbocycles. The Kier molecular flexibility index (Phi) is 10.0. The Morgan fingerprint density at radius 2 is 0.862 bits per heavy atom. The third kappa shape index (κ3) is 6.81. The number of para-hydroxylation sites is 1. The van der Waals surface area contributed by atoms with Crippen LogP contribution in [0.1, 0.15) is 45.2 Å². The lowest BCUT2D eigenvalue weighted by atomic mass is 9.78. The molecule has 0 saturated heterocycles. The molecule has 0 radical (unpaired) electrons. The first-order chi connectivity index (χ1) is 31.9. The summed E-state index contributed by atoms with van der Waals surface area (Å²) in [6.07, 6.45) is 1.25. The first kappa shape index (κ1) is 39.9. The molecule has 0 amide bonds. The number of nitrogens with zero attached hydrogens (tertiary/aromatic N) is 4. The molecular formula is C61H48N4. The maximum absolute atomic E-state index is 5.43. The maximum atomic E-state index is 5.43. The number of benzene rings is 9. The van der Waals surface area contributed by atoms with Crippen molar-refractivity contribution < 1.29 is 0 Å². The highest BCUT2D eigenvalue weighted by Crippen LogP contribution is 2.53. The van der Waals surface area contributed by atoms with E-state index >= 15 is 0 Å². The van der Waals surface area contributed by atoms with Crippen LogP contribution >= 0.6 is 0 Å². The fraction of sp³-hybridized carbons (Fsp3) is 0.0984. The van der Waals surface area contributed by atoms with Gasteiger partial charge in [-0.25, -0.2) is 4.98 Å². The molecule has 4 heteroatoms. The van der Waals surface area contributed by atoms with E-state index in [0.29, 0.717) is 17.6 Å². The molecule has 2 heterocycles. The van der Waals surface area contributed by atoms with Gasteiger partial charge in [0, 0.05) is 32.9 Å². The first-order valence-electron chi connectivity index (χ1n) is 22.7. The highest BCUT2D eigenvalue weighted by Gasteiger charge is 2.38. The van der Waals surface area contributed by atoms with Crippen molar-refractivity contribution in [1.29, 1.82) is 0 Å². The minimum Gasteiger partial charge on any atom is -0.277 e. The van der Waals surface area contributed by atoms with Crippen LogP contribution in [0.2, 0.25) is 0 Å². The van der Waals surface area contributed by atoms with Crippen molar-refractivity contribution in [2.75, 3.05) is 0 Å². The molecule has 4 nitrogen and oxygen atoms in total. The van der Waals surface area contributed by atoms with E-state index < -0.39 is 0 Å². The average molecular weight is 837 g/mol. The van der Waals surface area contributed by atoms with E-state index in [1.165, 1.54) is 61.5 Å². The van der Waals surface area contributed by atoms with E-state index in [1.807, 2.05) is 12.1 Å². The molecule has 0 aliphatic heterocycles. The number of aromatic nitrogens is 4. The van der Waals surface area contributed by atoms with Crippen LogP contribution in [0.4, 0.5) is 0 Å². The Bertz CT molecular complexity index is 3430. The number of hydrogen-bond donors (Lipinski definition) is 0. The average Bonchev–Trinajstić information content (AvgIpc) is 3.84. The van der Waals surface area contributed by atoms with Gasteiger partial charge in [-0.1, -0.05) is 234 Å². The molecule has 0 spiro atoms. The largest absolute Gasteiger partial charge is 0.277 e. The van der Waals surface area contributed by atoms with Crippen LogP contribution in [0.25, 0.3) is 106 Å². The quantitative estimate of drug-likeness (QED) is 0.168. The summed E-state index contributed by atoms with van der Waals surface area (Å²) in [5.41, 5.74) is 16.0. The summed E-state index contributed by atoms with van der Waals surface area (Å²) in [4.78, 5) is 16.1. The number of hydrogen-bond acceptors (Lipinski definition) is 3. The van der Waals surface area contributed by atoms with Gasteiger partial charge in [0.15, 0.2) is 11.6 Å². The summed E-state index contributed by atoms with van der Waals surface area (Å²) in [6, 6.07) is 73.6. The Morgan fingerprint density at radius 3 is 1.49 bits per heavy atom.